The summed E-state index contributed by atoms with van der Waals surface area (Å²) in [5.74, 6) is -2.29. The molecule has 2 N–H and O–H groups in total. The highest BCUT2D eigenvalue weighted by Gasteiger charge is 2.75. The molecule has 0 spiro atoms. The lowest BCUT2D eigenvalue weighted by molar-refractivity contribution is -0.183. The van der Waals surface area contributed by atoms with Gasteiger partial charge < -0.3 is 24.4 Å². The molecule has 7 unspecified atom stereocenters. The molecule has 3 aliphatic rings. The summed E-state index contributed by atoms with van der Waals surface area (Å²) in [5, 5.41) is 20.6. The minimum absolute atomic E-state index is 0.0131. The summed E-state index contributed by atoms with van der Waals surface area (Å²) in [4.78, 5) is 38.3. The van der Waals surface area contributed by atoms with Gasteiger partial charge in [0.2, 0.25) is 0 Å². The molecule has 30 heavy (non-hydrogen) atoms. The van der Waals surface area contributed by atoms with E-state index in [0.29, 0.717) is 12.8 Å². The van der Waals surface area contributed by atoms with Crippen LogP contribution >= 0.6 is 22.6 Å². The van der Waals surface area contributed by atoms with Crippen LogP contribution in [0, 0.1) is 17.3 Å². The molecular formula is C21H31IO8. The highest BCUT2D eigenvalue weighted by molar-refractivity contribution is 14.1. The quantitative estimate of drug-likeness (QED) is 0.158. The van der Waals surface area contributed by atoms with Crippen LogP contribution in [0.2, 0.25) is 0 Å². The van der Waals surface area contributed by atoms with Crippen molar-refractivity contribution >= 4 is 40.5 Å². The van der Waals surface area contributed by atoms with Gasteiger partial charge in [-0.05, 0) is 47.0 Å². The number of aliphatic hydroxyl groups is 2. The largest absolute Gasteiger partial charge is 0.458 e. The highest BCUT2D eigenvalue weighted by atomic mass is 127. The Morgan fingerprint density at radius 3 is 2.47 bits per heavy atom. The van der Waals surface area contributed by atoms with Crippen molar-refractivity contribution in [3.8, 4) is 0 Å². The van der Waals surface area contributed by atoms with E-state index in [-0.39, 0.29) is 28.7 Å². The number of alkyl halides is 1. The Hall–Kier alpha value is -0.940. The number of carbonyl (C=O) groups is 3. The number of hydrogen-bond acceptors (Lipinski definition) is 8. The summed E-state index contributed by atoms with van der Waals surface area (Å²) in [7, 11) is 0. The molecule has 0 aromatic rings. The standard InChI is InChI=1S/C21H31IO8/c1-6-12(22)16(23)29-14-10-7-11-15(14)30-18(25)21(11,8-10)17(24)28-13(20(4,5)27)9-19(2,3)26/h10-15,26-27H,6-9H2,1-5H3. The number of esters is 3. The number of rotatable bonds is 8. The monoisotopic (exact) mass is 538 g/mol. The van der Waals surface area contributed by atoms with Gasteiger partial charge in [0.15, 0.2) is 5.41 Å². The highest BCUT2D eigenvalue weighted by Crippen LogP contribution is 2.63. The number of ether oxygens (including phenoxy) is 3. The van der Waals surface area contributed by atoms with Crippen LogP contribution in [0.25, 0.3) is 0 Å². The summed E-state index contributed by atoms with van der Waals surface area (Å²) in [6.07, 6.45) is -0.797. The van der Waals surface area contributed by atoms with Gasteiger partial charge >= 0.3 is 17.9 Å². The van der Waals surface area contributed by atoms with Gasteiger partial charge in [-0.1, -0.05) is 29.5 Å². The zero-order valence-electron chi connectivity index (χ0n) is 18.0. The Labute approximate surface area is 190 Å². The fourth-order valence-corrected chi connectivity index (χ4v) is 5.08. The van der Waals surface area contributed by atoms with Crippen LogP contribution < -0.4 is 0 Å². The first-order valence-electron chi connectivity index (χ1n) is 10.4. The summed E-state index contributed by atoms with van der Waals surface area (Å²) >= 11 is 2.03. The molecule has 3 fully saturated rings. The van der Waals surface area contributed by atoms with Crippen molar-refractivity contribution < 1.29 is 38.8 Å². The summed E-state index contributed by atoms with van der Waals surface area (Å²) in [5.41, 5.74) is -4.01. The van der Waals surface area contributed by atoms with Crippen molar-refractivity contribution in [2.75, 3.05) is 0 Å². The number of fused-ring (bicyclic) bond motifs is 1. The van der Waals surface area contributed by atoms with E-state index in [0.717, 1.165) is 0 Å². The van der Waals surface area contributed by atoms with Crippen molar-refractivity contribution in [2.24, 2.45) is 17.3 Å². The Morgan fingerprint density at radius 1 is 1.30 bits per heavy atom. The van der Waals surface area contributed by atoms with Crippen LogP contribution in [-0.4, -0.2) is 61.6 Å². The van der Waals surface area contributed by atoms with Crippen molar-refractivity contribution in [3.63, 3.8) is 0 Å². The molecule has 3 rings (SSSR count). The van der Waals surface area contributed by atoms with Crippen LogP contribution in [0.4, 0.5) is 0 Å². The summed E-state index contributed by atoms with van der Waals surface area (Å²) in [6.45, 7) is 8.00. The molecule has 9 heteroatoms. The van der Waals surface area contributed by atoms with Gasteiger partial charge in [-0.25, -0.2) is 0 Å². The molecule has 1 aliphatic heterocycles. The third-order valence-electron chi connectivity index (χ3n) is 6.52. The van der Waals surface area contributed by atoms with Gasteiger partial charge in [-0.3, -0.25) is 14.4 Å². The van der Waals surface area contributed by atoms with Crippen LogP contribution in [0.3, 0.4) is 0 Å². The molecule has 0 aromatic carbocycles. The lowest BCUT2D eigenvalue weighted by Crippen LogP contribution is -2.50. The third kappa shape index (κ3) is 4.09. The average Bonchev–Trinajstić information content (AvgIpc) is 3.20. The minimum Gasteiger partial charge on any atom is -0.458 e. The van der Waals surface area contributed by atoms with Gasteiger partial charge in [0.05, 0.1) is 11.2 Å². The van der Waals surface area contributed by atoms with E-state index in [1.807, 2.05) is 29.5 Å². The van der Waals surface area contributed by atoms with E-state index >= 15 is 0 Å². The van der Waals surface area contributed by atoms with Crippen LogP contribution in [0.1, 0.15) is 60.3 Å². The molecule has 0 amide bonds. The number of carbonyl (C=O) groups excluding carboxylic acids is 3. The van der Waals surface area contributed by atoms with Crippen molar-refractivity contribution in [1.82, 2.24) is 0 Å². The molecule has 1 saturated heterocycles. The first-order valence-corrected chi connectivity index (χ1v) is 11.7. The SMILES string of the molecule is CCC(I)C(=O)OC1C2CC3C1OC(=O)C3(C(=O)OC(CC(C)(C)O)C(C)(C)O)C2. The average molecular weight is 538 g/mol. The van der Waals surface area contributed by atoms with E-state index < -0.39 is 52.8 Å². The first kappa shape index (κ1) is 23.7. The molecule has 1 heterocycles. The van der Waals surface area contributed by atoms with E-state index in [1.54, 1.807) is 13.8 Å². The second kappa shape index (κ2) is 7.88. The fraction of sp³-hybridized carbons (Fsp3) is 0.857. The molecular weight excluding hydrogens is 507 g/mol. The Balaban J connectivity index is 1.78. The smallest absolute Gasteiger partial charge is 0.324 e. The molecule has 170 valence electrons. The second-order valence-electron chi connectivity index (χ2n) is 9.99. The van der Waals surface area contributed by atoms with E-state index in [4.69, 9.17) is 14.2 Å². The van der Waals surface area contributed by atoms with Crippen LogP contribution in [0.5, 0.6) is 0 Å². The Morgan fingerprint density at radius 2 is 1.93 bits per heavy atom. The molecule has 0 aromatic heterocycles. The van der Waals surface area contributed by atoms with Gasteiger partial charge in [0.25, 0.3) is 0 Å². The Kier molecular flexibility index (Phi) is 6.23. The van der Waals surface area contributed by atoms with Crippen LogP contribution in [-0.2, 0) is 28.6 Å². The molecule has 2 bridgehead atoms. The fourth-order valence-electron chi connectivity index (χ4n) is 4.93. The normalized spacial score (nSPS) is 34.5. The van der Waals surface area contributed by atoms with E-state index in [1.165, 1.54) is 13.8 Å². The minimum atomic E-state index is -1.43. The summed E-state index contributed by atoms with van der Waals surface area (Å²) < 4.78 is 16.5. The lowest BCUT2D eigenvalue weighted by atomic mass is 9.73. The molecule has 2 aliphatic carbocycles. The maximum atomic E-state index is 13.2. The van der Waals surface area contributed by atoms with Gasteiger partial charge in [-0.2, -0.15) is 0 Å². The molecule has 7 atom stereocenters. The zero-order chi connectivity index (χ0) is 22.6. The van der Waals surface area contributed by atoms with Crippen LogP contribution in [0.15, 0.2) is 0 Å². The van der Waals surface area contributed by atoms with Crippen molar-refractivity contribution in [2.45, 2.75) is 93.7 Å². The number of halogens is 1. The number of hydrogen-bond donors (Lipinski definition) is 2. The molecule has 8 nitrogen and oxygen atoms in total. The predicted octanol–water partition coefficient (Wildman–Crippen LogP) is 1.91. The Bertz CT molecular complexity index is 723. The summed E-state index contributed by atoms with van der Waals surface area (Å²) in [6, 6.07) is 0. The van der Waals surface area contributed by atoms with Gasteiger partial charge in [-0.15, -0.1) is 0 Å². The molecule has 0 radical (unpaired) electrons. The maximum absolute atomic E-state index is 13.2. The van der Waals surface area contributed by atoms with Crippen molar-refractivity contribution in [3.05, 3.63) is 0 Å². The second-order valence-corrected chi connectivity index (χ2v) is 11.5. The third-order valence-corrected chi connectivity index (χ3v) is 7.91. The maximum Gasteiger partial charge on any atom is 0.324 e. The molecule has 2 saturated carbocycles. The first-order chi connectivity index (χ1) is 13.7. The predicted molar refractivity (Wildman–Crippen MR) is 114 cm³/mol. The van der Waals surface area contributed by atoms with E-state index in [9.17, 15) is 24.6 Å². The van der Waals surface area contributed by atoms with E-state index in [2.05, 4.69) is 0 Å². The van der Waals surface area contributed by atoms with Gasteiger partial charge in [0, 0.05) is 18.3 Å². The lowest BCUT2D eigenvalue weighted by Gasteiger charge is -2.36. The topological polar surface area (TPSA) is 119 Å². The van der Waals surface area contributed by atoms with Gasteiger partial charge in [0.1, 0.15) is 22.2 Å². The zero-order valence-corrected chi connectivity index (χ0v) is 20.2. The van der Waals surface area contributed by atoms with Crippen molar-refractivity contribution in [1.29, 1.82) is 0 Å².